The van der Waals surface area contributed by atoms with Gasteiger partial charge in [0.05, 0.1) is 20.6 Å². The number of hydrogen-bond acceptors (Lipinski definition) is 2. The molecule has 0 heterocycles. The van der Waals surface area contributed by atoms with Crippen LogP contribution in [0.25, 0.3) is 0 Å². The summed E-state index contributed by atoms with van der Waals surface area (Å²) in [4.78, 5) is 11.2. The maximum atomic E-state index is 11.2. The number of quaternary nitrogens is 1. The van der Waals surface area contributed by atoms with Crippen LogP contribution >= 0.6 is 0 Å². The minimum absolute atomic E-state index is 0.436. The van der Waals surface area contributed by atoms with Crippen LogP contribution in [0.1, 0.15) is 18.1 Å². The van der Waals surface area contributed by atoms with Crippen molar-refractivity contribution < 1.29 is 9.53 Å². The van der Waals surface area contributed by atoms with Crippen molar-refractivity contribution in [1.29, 1.82) is 0 Å². The molecule has 0 unspecified atom stereocenters. The molecule has 100 valence electrons. The summed E-state index contributed by atoms with van der Waals surface area (Å²) in [6.07, 6.45) is -0.436. The fraction of sp³-hybridized carbons (Fsp3) is 0.500. The van der Waals surface area contributed by atoms with Crippen molar-refractivity contribution in [2.45, 2.75) is 20.8 Å². The quantitative estimate of drug-likeness (QED) is 0.839. The molecule has 1 rings (SSSR count). The van der Waals surface area contributed by atoms with Crippen molar-refractivity contribution in [3.63, 3.8) is 0 Å². The number of aryl methyl sites for hydroxylation is 2. The molecule has 0 aliphatic rings. The van der Waals surface area contributed by atoms with Gasteiger partial charge in [0.2, 0.25) is 0 Å². The summed E-state index contributed by atoms with van der Waals surface area (Å²) in [5, 5.41) is 2.45. The average Bonchev–Trinajstić information content (AvgIpc) is 2.32. The Morgan fingerprint density at radius 1 is 1.28 bits per heavy atom. The van der Waals surface area contributed by atoms with Gasteiger partial charge in [0, 0.05) is 18.7 Å². The van der Waals surface area contributed by atoms with Crippen LogP contribution in [0.15, 0.2) is 12.1 Å². The zero-order chi connectivity index (χ0) is 13.9. The van der Waals surface area contributed by atoms with Crippen molar-refractivity contribution in [3.8, 4) is 5.75 Å². The Morgan fingerprint density at radius 2 is 1.89 bits per heavy atom. The molecule has 4 nitrogen and oxygen atoms in total. The molecule has 0 spiro atoms. The van der Waals surface area contributed by atoms with E-state index in [1.165, 1.54) is 5.69 Å². The first-order valence-corrected chi connectivity index (χ1v) is 6.16. The van der Waals surface area contributed by atoms with Gasteiger partial charge in [-0.2, -0.15) is 0 Å². The molecule has 1 N–H and O–H groups in total. The minimum atomic E-state index is -0.436. The zero-order valence-electron chi connectivity index (χ0n) is 12.1. The van der Waals surface area contributed by atoms with Gasteiger partial charge in [-0.25, -0.2) is 4.79 Å². The van der Waals surface area contributed by atoms with Crippen LogP contribution < -0.4 is 14.5 Å². The molecule has 0 aliphatic heterocycles. The Labute approximate surface area is 109 Å². The van der Waals surface area contributed by atoms with E-state index < -0.39 is 6.09 Å². The number of nitrogens with zero attached hydrogens (tertiary/aromatic N) is 1. The molecule has 0 atom stereocenters. The van der Waals surface area contributed by atoms with Crippen LogP contribution in [0, 0.1) is 13.8 Å². The maximum absolute atomic E-state index is 11.2. The standard InChI is InChI=1S/C14H22N2O2/c1-7-16(5,6)12-8-11(3)13(9-10(12)2)18-14(17)15-4/h8-9H,7H2,1-6H3/p+1. The third kappa shape index (κ3) is 3.01. The number of carbonyl (C=O) groups excluding carboxylic acids is 1. The number of hydrogen-bond donors (Lipinski definition) is 1. The summed E-state index contributed by atoms with van der Waals surface area (Å²) < 4.78 is 6.03. The highest BCUT2D eigenvalue weighted by atomic mass is 16.6. The van der Waals surface area contributed by atoms with Gasteiger partial charge in [-0.05, 0) is 32.4 Å². The van der Waals surface area contributed by atoms with Crippen LogP contribution in [-0.4, -0.2) is 33.8 Å². The van der Waals surface area contributed by atoms with Crippen molar-refractivity contribution in [1.82, 2.24) is 9.80 Å². The SMILES string of the molecule is CC[N+](C)(C)c1cc(C)c(OC(=O)NC)cc1C. The Kier molecular flexibility index (Phi) is 4.35. The Balaban J connectivity index is 3.16. The number of ether oxygens (including phenoxy) is 1. The molecule has 0 aromatic heterocycles. The number of amides is 1. The maximum Gasteiger partial charge on any atom is 0.412 e. The lowest BCUT2D eigenvalue weighted by atomic mass is 10.1. The van der Waals surface area contributed by atoms with Gasteiger partial charge in [0.15, 0.2) is 0 Å². The molecule has 0 aliphatic carbocycles. The van der Waals surface area contributed by atoms with Crippen molar-refractivity contribution >= 4 is 11.8 Å². The van der Waals surface area contributed by atoms with Crippen molar-refractivity contribution in [3.05, 3.63) is 23.3 Å². The highest BCUT2D eigenvalue weighted by Crippen LogP contribution is 2.31. The Bertz CT molecular complexity index is 453. The largest absolute Gasteiger partial charge is 0.412 e. The predicted octanol–water partition coefficient (Wildman–Crippen LogP) is 2.61. The topological polar surface area (TPSA) is 38.3 Å². The smallest absolute Gasteiger partial charge is 0.410 e. The fourth-order valence-corrected chi connectivity index (χ4v) is 1.86. The van der Waals surface area contributed by atoms with Crippen LogP contribution in [0.5, 0.6) is 5.75 Å². The van der Waals surface area contributed by atoms with E-state index >= 15 is 0 Å². The van der Waals surface area contributed by atoms with Crippen LogP contribution in [0.4, 0.5) is 10.5 Å². The van der Waals surface area contributed by atoms with Crippen molar-refractivity contribution in [2.75, 3.05) is 27.7 Å². The predicted molar refractivity (Wildman–Crippen MR) is 75.2 cm³/mol. The van der Waals surface area contributed by atoms with E-state index in [-0.39, 0.29) is 0 Å². The van der Waals surface area contributed by atoms with Crippen LogP contribution in [0.2, 0.25) is 0 Å². The van der Waals surface area contributed by atoms with E-state index in [0.717, 1.165) is 22.2 Å². The van der Waals surface area contributed by atoms with E-state index in [1.54, 1.807) is 7.05 Å². The molecular weight excluding hydrogens is 228 g/mol. The summed E-state index contributed by atoms with van der Waals surface area (Å²) in [6.45, 7) is 7.16. The first-order valence-electron chi connectivity index (χ1n) is 6.16. The fourth-order valence-electron chi connectivity index (χ4n) is 1.86. The number of benzene rings is 1. The van der Waals surface area contributed by atoms with Crippen LogP contribution in [-0.2, 0) is 0 Å². The van der Waals surface area contributed by atoms with E-state index in [1.807, 2.05) is 19.9 Å². The summed E-state index contributed by atoms with van der Waals surface area (Å²) in [7, 11) is 5.89. The molecule has 0 saturated carbocycles. The van der Waals surface area contributed by atoms with E-state index in [4.69, 9.17) is 4.74 Å². The molecule has 18 heavy (non-hydrogen) atoms. The molecule has 0 saturated heterocycles. The lowest BCUT2D eigenvalue weighted by Gasteiger charge is -2.29. The van der Waals surface area contributed by atoms with Gasteiger partial charge in [-0.3, -0.25) is 4.48 Å². The second kappa shape index (κ2) is 5.40. The zero-order valence-corrected chi connectivity index (χ0v) is 12.1. The highest BCUT2D eigenvalue weighted by molar-refractivity contribution is 5.71. The second-order valence-corrected chi connectivity index (χ2v) is 5.04. The Morgan fingerprint density at radius 3 is 2.39 bits per heavy atom. The average molecular weight is 251 g/mol. The number of nitrogens with one attached hydrogen (secondary N) is 1. The van der Waals surface area contributed by atoms with Gasteiger partial charge in [-0.15, -0.1) is 0 Å². The molecule has 0 fully saturated rings. The molecule has 0 radical (unpaired) electrons. The van der Waals surface area contributed by atoms with Gasteiger partial charge >= 0.3 is 6.09 Å². The lowest BCUT2D eigenvalue weighted by molar-refractivity contribution is 0.202. The van der Waals surface area contributed by atoms with Crippen molar-refractivity contribution in [2.24, 2.45) is 0 Å². The summed E-state index contributed by atoms with van der Waals surface area (Å²) in [5.74, 6) is 0.617. The number of carbonyl (C=O) groups is 1. The highest BCUT2D eigenvalue weighted by Gasteiger charge is 2.21. The molecule has 4 heteroatoms. The summed E-state index contributed by atoms with van der Waals surface area (Å²) in [6, 6.07) is 4.02. The van der Waals surface area contributed by atoms with Gasteiger partial charge in [0.1, 0.15) is 11.4 Å². The molecule has 0 bridgehead atoms. The summed E-state index contributed by atoms with van der Waals surface area (Å²) in [5.41, 5.74) is 3.35. The van der Waals surface area contributed by atoms with Gasteiger partial charge < -0.3 is 10.1 Å². The van der Waals surface area contributed by atoms with E-state index in [2.05, 4.69) is 32.4 Å². The third-order valence-corrected chi connectivity index (χ3v) is 3.34. The summed E-state index contributed by atoms with van der Waals surface area (Å²) >= 11 is 0. The van der Waals surface area contributed by atoms with E-state index in [0.29, 0.717) is 5.75 Å². The van der Waals surface area contributed by atoms with Gasteiger partial charge in [-0.1, -0.05) is 0 Å². The molecule has 1 aromatic carbocycles. The lowest BCUT2D eigenvalue weighted by Crippen LogP contribution is -2.40. The monoisotopic (exact) mass is 251 g/mol. The van der Waals surface area contributed by atoms with E-state index in [9.17, 15) is 4.79 Å². The Hall–Kier alpha value is -1.55. The third-order valence-electron chi connectivity index (χ3n) is 3.34. The normalized spacial score (nSPS) is 11.2. The van der Waals surface area contributed by atoms with Gasteiger partial charge in [0.25, 0.3) is 0 Å². The number of rotatable bonds is 3. The first-order chi connectivity index (χ1) is 8.31. The molecule has 1 aromatic rings. The first kappa shape index (κ1) is 14.5. The molecular formula is C14H23N2O2+. The van der Waals surface area contributed by atoms with Crippen LogP contribution in [0.3, 0.4) is 0 Å². The molecule has 1 amide bonds. The minimum Gasteiger partial charge on any atom is -0.410 e. The second-order valence-electron chi connectivity index (χ2n) is 5.04.